The number of nitrogens with two attached hydrogens (primary N) is 1. The number of unbranched alkanes of at least 4 members (excludes halogenated alkanes) is 1. The zero-order chi connectivity index (χ0) is 29.1. The molecule has 1 aromatic rings. The minimum atomic E-state index is -1.06. The average Bonchev–Trinajstić information content (AvgIpc) is 2.75. The Morgan fingerprint density at radius 1 is 0.895 bits per heavy atom. The van der Waals surface area contributed by atoms with Gasteiger partial charge >= 0.3 is 24.2 Å². The molecule has 0 fully saturated rings. The number of carbonyl (C=O) groups is 4. The molecule has 0 spiro atoms. The van der Waals surface area contributed by atoms with Gasteiger partial charge in [-0.1, -0.05) is 19.4 Å². The van der Waals surface area contributed by atoms with Crippen LogP contribution in [0.5, 0.6) is 11.5 Å². The van der Waals surface area contributed by atoms with E-state index in [0.29, 0.717) is 12.0 Å². The molecule has 0 aromatic heterocycles. The van der Waals surface area contributed by atoms with E-state index in [2.05, 4.69) is 0 Å². The van der Waals surface area contributed by atoms with Crippen LogP contribution in [0.15, 0.2) is 18.2 Å². The predicted octanol–water partition coefficient (Wildman–Crippen LogP) is 4.85. The molecule has 11 heteroatoms. The van der Waals surface area contributed by atoms with E-state index in [1.807, 2.05) is 6.92 Å². The first-order chi connectivity index (χ1) is 17.5. The zero-order valence-corrected chi connectivity index (χ0v) is 23.6. The number of carbonyl (C=O) groups excluding carboxylic acids is 4. The number of rotatable bonds is 11. The summed E-state index contributed by atoms with van der Waals surface area (Å²) < 4.78 is 31.2. The molecule has 0 aliphatic rings. The van der Waals surface area contributed by atoms with Crippen molar-refractivity contribution in [2.24, 2.45) is 5.73 Å². The molecular weight excluding hydrogens is 498 g/mol. The molecule has 0 radical (unpaired) electrons. The summed E-state index contributed by atoms with van der Waals surface area (Å²) in [5.41, 5.74) is 4.87. The van der Waals surface area contributed by atoms with E-state index >= 15 is 0 Å². The maximum absolute atomic E-state index is 12.4. The highest BCUT2D eigenvalue weighted by atomic mass is 16.8. The maximum atomic E-state index is 12.4. The molecule has 0 bridgehead atoms. The molecule has 1 unspecified atom stereocenters. The van der Waals surface area contributed by atoms with Gasteiger partial charge in [0.2, 0.25) is 0 Å². The van der Waals surface area contributed by atoms with Gasteiger partial charge in [-0.3, -0.25) is 9.59 Å². The highest BCUT2D eigenvalue weighted by Gasteiger charge is 2.24. The Hall–Kier alpha value is -3.34. The van der Waals surface area contributed by atoms with Crippen LogP contribution in [0, 0.1) is 0 Å². The van der Waals surface area contributed by atoms with Crippen molar-refractivity contribution in [2.75, 3.05) is 6.61 Å². The van der Waals surface area contributed by atoms with Crippen LogP contribution in [0.1, 0.15) is 80.2 Å². The SMILES string of the molecule is CCCCC(=O)OC(C)COC(=O)[C@@H](N)Cc1ccc(OC(=O)OC(C)(C)C)c(OC(=O)OC(C)(C)C)c1. The quantitative estimate of drug-likeness (QED) is 0.233. The highest BCUT2D eigenvalue weighted by molar-refractivity contribution is 5.76. The summed E-state index contributed by atoms with van der Waals surface area (Å²) in [5.74, 6) is -1.28. The maximum Gasteiger partial charge on any atom is 0.514 e. The summed E-state index contributed by atoms with van der Waals surface area (Å²) in [7, 11) is 0. The number of ether oxygens (including phenoxy) is 6. The Morgan fingerprint density at radius 2 is 1.45 bits per heavy atom. The molecule has 0 aliphatic carbocycles. The molecule has 0 heterocycles. The van der Waals surface area contributed by atoms with Crippen LogP contribution in [0.3, 0.4) is 0 Å². The fourth-order valence-electron chi connectivity index (χ4n) is 2.85. The topological polar surface area (TPSA) is 150 Å². The van der Waals surface area contributed by atoms with E-state index in [9.17, 15) is 19.2 Å². The Morgan fingerprint density at radius 3 is 1.97 bits per heavy atom. The minimum absolute atomic E-state index is 0.0148. The summed E-state index contributed by atoms with van der Waals surface area (Å²) >= 11 is 0. The van der Waals surface area contributed by atoms with Crippen LogP contribution in [0.4, 0.5) is 9.59 Å². The second-order valence-electron chi connectivity index (χ2n) is 10.8. The Bertz CT molecular complexity index is 962. The van der Waals surface area contributed by atoms with Crippen LogP contribution >= 0.6 is 0 Å². The molecule has 0 amide bonds. The van der Waals surface area contributed by atoms with Gasteiger partial charge in [-0.05, 0) is 79.0 Å². The molecule has 2 N–H and O–H groups in total. The van der Waals surface area contributed by atoms with Crippen molar-refractivity contribution in [2.45, 2.75) is 104 Å². The second kappa shape index (κ2) is 14.6. The predicted molar refractivity (Wildman–Crippen MR) is 138 cm³/mol. The van der Waals surface area contributed by atoms with Gasteiger partial charge < -0.3 is 34.2 Å². The van der Waals surface area contributed by atoms with Gasteiger partial charge in [-0.25, -0.2) is 9.59 Å². The van der Waals surface area contributed by atoms with Crippen LogP contribution in [-0.2, 0) is 35.0 Å². The van der Waals surface area contributed by atoms with Crippen molar-refractivity contribution in [1.82, 2.24) is 0 Å². The van der Waals surface area contributed by atoms with Gasteiger partial charge in [0, 0.05) is 6.42 Å². The summed E-state index contributed by atoms with van der Waals surface area (Å²) in [5, 5.41) is 0. The number of esters is 2. The van der Waals surface area contributed by atoms with E-state index in [0.717, 1.165) is 12.8 Å². The summed E-state index contributed by atoms with van der Waals surface area (Å²) in [6.07, 6.45) is -0.729. The second-order valence-corrected chi connectivity index (χ2v) is 10.8. The van der Waals surface area contributed by atoms with E-state index < -0.39 is 41.6 Å². The molecule has 214 valence electrons. The molecular formula is C27H41NO10. The minimum Gasteiger partial charge on any atom is -0.461 e. The van der Waals surface area contributed by atoms with Crippen molar-refractivity contribution in [3.8, 4) is 11.5 Å². The first-order valence-corrected chi connectivity index (χ1v) is 12.6. The molecule has 38 heavy (non-hydrogen) atoms. The fraction of sp³-hybridized carbons (Fsp3) is 0.630. The number of hydrogen-bond donors (Lipinski definition) is 1. The summed E-state index contributed by atoms with van der Waals surface area (Å²) in [4.78, 5) is 48.5. The van der Waals surface area contributed by atoms with Crippen LogP contribution in [0.25, 0.3) is 0 Å². The van der Waals surface area contributed by atoms with E-state index in [-0.39, 0.29) is 30.5 Å². The highest BCUT2D eigenvalue weighted by Crippen LogP contribution is 2.31. The third-order valence-electron chi connectivity index (χ3n) is 4.46. The number of hydrogen-bond acceptors (Lipinski definition) is 11. The van der Waals surface area contributed by atoms with E-state index in [1.165, 1.54) is 12.1 Å². The fourth-order valence-corrected chi connectivity index (χ4v) is 2.85. The van der Waals surface area contributed by atoms with Crippen LogP contribution in [-0.4, -0.2) is 54.2 Å². The lowest BCUT2D eigenvalue weighted by Crippen LogP contribution is -2.36. The van der Waals surface area contributed by atoms with Gasteiger partial charge in [0.1, 0.15) is 30.0 Å². The van der Waals surface area contributed by atoms with Gasteiger partial charge in [0.05, 0.1) is 0 Å². The smallest absolute Gasteiger partial charge is 0.461 e. The third kappa shape index (κ3) is 13.8. The molecule has 1 rings (SSSR count). The summed E-state index contributed by atoms with van der Waals surface area (Å²) in [6, 6.07) is 3.27. The van der Waals surface area contributed by atoms with E-state index in [1.54, 1.807) is 54.5 Å². The van der Waals surface area contributed by atoms with Gasteiger partial charge in [-0.15, -0.1) is 0 Å². The van der Waals surface area contributed by atoms with Crippen molar-refractivity contribution in [1.29, 1.82) is 0 Å². The lowest BCUT2D eigenvalue weighted by molar-refractivity contribution is -0.158. The monoisotopic (exact) mass is 539 g/mol. The largest absolute Gasteiger partial charge is 0.514 e. The molecule has 2 atom stereocenters. The molecule has 0 aliphatic heterocycles. The first-order valence-electron chi connectivity index (χ1n) is 12.6. The number of benzene rings is 1. The van der Waals surface area contributed by atoms with Crippen molar-refractivity contribution in [3.63, 3.8) is 0 Å². The van der Waals surface area contributed by atoms with Crippen molar-refractivity contribution < 1.29 is 47.6 Å². The molecule has 0 saturated carbocycles. The molecule has 1 aromatic carbocycles. The normalized spacial score (nSPS) is 13.1. The molecule has 11 nitrogen and oxygen atoms in total. The van der Waals surface area contributed by atoms with Gasteiger partial charge in [-0.2, -0.15) is 0 Å². The first kappa shape index (κ1) is 32.7. The summed E-state index contributed by atoms with van der Waals surface area (Å²) in [6.45, 7) is 13.5. The Kier molecular flexibility index (Phi) is 12.5. The Labute approximate surface area is 224 Å². The van der Waals surface area contributed by atoms with Gasteiger partial charge in [0.15, 0.2) is 11.5 Å². The lowest BCUT2D eigenvalue weighted by Gasteiger charge is -2.21. The lowest BCUT2D eigenvalue weighted by atomic mass is 10.1. The average molecular weight is 540 g/mol. The molecule has 0 saturated heterocycles. The van der Waals surface area contributed by atoms with Crippen molar-refractivity contribution >= 4 is 24.2 Å². The third-order valence-corrected chi connectivity index (χ3v) is 4.46. The van der Waals surface area contributed by atoms with Crippen LogP contribution < -0.4 is 15.2 Å². The zero-order valence-electron chi connectivity index (χ0n) is 23.6. The standard InChI is InChI=1S/C27H41NO10/c1-9-10-11-22(29)34-17(2)16-33-23(30)19(28)14-18-12-13-20(35-24(31)37-26(3,4)5)21(15-18)36-25(32)38-27(6,7)8/h12-13,15,17,19H,9-11,14,16,28H2,1-8H3/t17?,19-/m0/s1. The van der Waals surface area contributed by atoms with Crippen LogP contribution in [0.2, 0.25) is 0 Å². The van der Waals surface area contributed by atoms with Gasteiger partial charge in [0.25, 0.3) is 0 Å². The Balaban J connectivity index is 2.90. The van der Waals surface area contributed by atoms with Crippen molar-refractivity contribution in [3.05, 3.63) is 23.8 Å². The van der Waals surface area contributed by atoms with E-state index in [4.69, 9.17) is 34.2 Å².